The van der Waals surface area contributed by atoms with Gasteiger partial charge >= 0.3 is 0 Å². The topological polar surface area (TPSA) is 41.6 Å². The summed E-state index contributed by atoms with van der Waals surface area (Å²) in [5.74, 6) is 1.48. The highest BCUT2D eigenvalue weighted by molar-refractivity contribution is 5.95. The van der Waals surface area contributed by atoms with Gasteiger partial charge in [0.1, 0.15) is 5.75 Å². The molecule has 1 aliphatic heterocycles. The largest absolute Gasteiger partial charge is 0.495 e. The number of amides is 1. The van der Waals surface area contributed by atoms with Crippen molar-refractivity contribution < 1.29 is 9.53 Å². The molecule has 27 heavy (non-hydrogen) atoms. The van der Waals surface area contributed by atoms with E-state index in [1.165, 1.54) is 24.8 Å². The normalized spacial score (nSPS) is 16.7. The van der Waals surface area contributed by atoms with Crippen LogP contribution in [0.4, 0.5) is 5.69 Å². The van der Waals surface area contributed by atoms with Gasteiger partial charge in [0.2, 0.25) is 5.91 Å². The van der Waals surface area contributed by atoms with Crippen molar-refractivity contribution in [3.05, 3.63) is 60.2 Å². The van der Waals surface area contributed by atoms with Crippen molar-refractivity contribution in [3.63, 3.8) is 0 Å². The standard InChI is InChI=1S/C23H30N2O2/c1-18(23(26)24-21-10-6-7-11-22(21)27-2)25-16-14-20(15-17-25)13-12-19-8-4-3-5-9-19/h3-11,18,20H,12-17H2,1-2H3,(H,24,26). The van der Waals surface area contributed by atoms with Crippen molar-refractivity contribution in [1.29, 1.82) is 0 Å². The van der Waals surface area contributed by atoms with E-state index in [2.05, 4.69) is 40.5 Å². The van der Waals surface area contributed by atoms with Crippen molar-refractivity contribution in [3.8, 4) is 5.75 Å². The quantitative estimate of drug-likeness (QED) is 0.791. The lowest BCUT2D eigenvalue weighted by Crippen LogP contribution is -2.46. The second-order valence-corrected chi connectivity index (χ2v) is 7.37. The monoisotopic (exact) mass is 366 g/mol. The number of hydrogen-bond donors (Lipinski definition) is 1. The lowest BCUT2D eigenvalue weighted by atomic mass is 9.90. The van der Waals surface area contributed by atoms with Gasteiger partial charge in [0.25, 0.3) is 0 Å². The summed E-state index contributed by atoms with van der Waals surface area (Å²) < 4.78 is 5.32. The highest BCUT2D eigenvalue weighted by Gasteiger charge is 2.26. The summed E-state index contributed by atoms with van der Waals surface area (Å²) in [6, 6.07) is 18.1. The molecule has 0 aromatic heterocycles. The third-order valence-electron chi connectivity index (χ3n) is 5.63. The van der Waals surface area contributed by atoms with Gasteiger partial charge in [0, 0.05) is 0 Å². The Bertz CT molecular complexity index is 724. The van der Waals surface area contributed by atoms with E-state index < -0.39 is 0 Å². The summed E-state index contributed by atoms with van der Waals surface area (Å²) in [6.45, 7) is 3.97. The number of nitrogens with zero attached hydrogens (tertiary/aromatic N) is 1. The Morgan fingerprint density at radius 3 is 2.48 bits per heavy atom. The van der Waals surface area contributed by atoms with Crippen molar-refractivity contribution in [2.45, 2.75) is 38.6 Å². The number of nitrogens with one attached hydrogen (secondary N) is 1. The maximum absolute atomic E-state index is 12.7. The minimum atomic E-state index is -0.134. The average molecular weight is 367 g/mol. The van der Waals surface area contributed by atoms with Crippen molar-refractivity contribution in [1.82, 2.24) is 4.90 Å². The fraction of sp³-hybridized carbons (Fsp3) is 0.435. The SMILES string of the molecule is COc1ccccc1NC(=O)C(C)N1CCC(CCc2ccccc2)CC1. The zero-order valence-corrected chi connectivity index (χ0v) is 16.4. The lowest BCUT2D eigenvalue weighted by Gasteiger charge is -2.35. The van der Waals surface area contributed by atoms with Gasteiger partial charge < -0.3 is 10.1 Å². The van der Waals surface area contributed by atoms with E-state index >= 15 is 0 Å². The summed E-state index contributed by atoms with van der Waals surface area (Å²) in [6.07, 6.45) is 4.72. The highest BCUT2D eigenvalue weighted by atomic mass is 16.5. The number of piperidine rings is 1. The van der Waals surface area contributed by atoms with E-state index in [4.69, 9.17) is 4.74 Å². The maximum atomic E-state index is 12.7. The molecule has 4 heteroatoms. The molecule has 1 atom stereocenters. The second-order valence-electron chi connectivity index (χ2n) is 7.37. The number of ether oxygens (including phenoxy) is 1. The summed E-state index contributed by atoms with van der Waals surface area (Å²) >= 11 is 0. The number of carbonyl (C=O) groups is 1. The molecule has 2 aromatic rings. The number of aryl methyl sites for hydroxylation is 1. The maximum Gasteiger partial charge on any atom is 0.241 e. The van der Waals surface area contributed by atoms with Crippen LogP contribution in [0.1, 0.15) is 31.7 Å². The third kappa shape index (κ3) is 5.33. The molecule has 4 nitrogen and oxygen atoms in total. The second kappa shape index (κ2) is 9.56. The van der Waals surface area contributed by atoms with Crippen LogP contribution in [-0.2, 0) is 11.2 Å². The average Bonchev–Trinajstić information content (AvgIpc) is 2.73. The third-order valence-corrected chi connectivity index (χ3v) is 5.63. The molecule has 1 unspecified atom stereocenters. The molecule has 1 heterocycles. The fourth-order valence-corrected chi connectivity index (χ4v) is 3.80. The van der Waals surface area contributed by atoms with E-state index in [-0.39, 0.29) is 11.9 Å². The highest BCUT2D eigenvalue weighted by Crippen LogP contribution is 2.26. The number of hydrogen-bond acceptors (Lipinski definition) is 3. The molecule has 1 saturated heterocycles. The number of para-hydroxylation sites is 2. The zero-order valence-electron chi connectivity index (χ0n) is 16.4. The van der Waals surface area contributed by atoms with Crippen LogP contribution in [0.2, 0.25) is 0 Å². The van der Waals surface area contributed by atoms with Crippen LogP contribution in [0.25, 0.3) is 0 Å². The zero-order chi connectivity index (χ0) is 19.1. The predicted molar refractivity (Wildman–Crippen MR) is 110 cm³/mol. The van der Waals surface area contributed by atoms with Gasteiger partial charge in [-0.3, -0.25) is 9.69 Å². The van der Waals surface area contributed by atoms with Gasteiger partial charge in [-0.05, 0) is 69.3 Å². The molecule has 0 spiro atoms. The number of carbonyl (C=O) groups excluding carboxylic acids is 1. The molecule has 0 radical (unpaired) electrons. The molecule has 0 saturated carbocycles. The Hall–Kier alpha value is -2.33. The molecule has 1 fully saturated rings. The smallest absolute Gasteiger partial charge is 0.241 e. The molecular weight excluding hydrogens is 336 g/mol. The van der Waals surface area contributed by atoms with Gasteiger partial charge in [-0.15, -0.1) is 0 Å². The molecule has 144 valence electrons. The first-order valence-electron chi connectivity index (χ1n) is 9.89. The number of likely N-dealkylation sites (tertiary alicyclic amines) is 1. The first-order chi connectivity index (χ1) is 13.2. The predicted octanol–water partition coefficient (Wildman–Crippen LogP) is 4.37. The van der Waals surface area contributed by atoms with Crippen LogP contribution in [-0.4, -0.2) is 37.0 Å². The molecule has 1 aliphatic rings. The Morgan fingerprint density at radius 2 is 1.78 bits per heavy atom. The number of rotatable bonds is 7. The van der Waals surface area contributed by atoms with Crippen LogP contribution in [0.15, 0.2) is 54.6 Å². The minimum absolute atomic E-state index is 0.0298. The summed E-state index contributed by atoms with van der Waals surface area (Å²) in [7, 11) is 1.62. The van der Waals surface area contributed by atoms with Crippen molar-refractivity contribution in [2.24, 2.45) is 5.92 Å². The minimum Gasteiger partial charge on any atom is -0.495 e. The first-order valence-corrected chi connectivity index (χ1v) is 9.89. The van der Waals surface area contributed by atoms with Gasteiger partial charge in [0.15, 0.2) is 0 Å². The van der Waals surface area contributed by atoms with Gasteiger partial charge in [-0.1, -0.05) is 42.5 Å². The molecule has 2 aromatic carbocycles. The Morgan fingerprint density at radius 1 is 1.11 bits per heavy atom. The Labute approximate surface area is 162 Å². The van der Waals surface area contributed by atoms with Crippen molar-refractivity contribution >= 4 is 11.6 Å². The van der Waals surface area contributed by atoms with Crippen LogP contribution in [0, 0.1) is 5.92 Å². The van der Waals surface area contributed by atoms with E-state index in [9.17, 15) is 4.79 Å². The van der Waals surface area contributed by atoms with E-state index in [1.54, 1.807) is 7.11 Å². The van der Waals surface area contributed by atoms with Crippen LogP contribution >= 0.6 is 0 Å². The van der Waals surface area contributed by atoms with E-state index in [0.29, 0.717) is 5.75 Å². The molecule has 0 aliphatic carbocycles. The lowest BCUT2D eigenvalue weighted by molar-refractivity contribution is -0.121. The fourth-order valence-electron chi connectivity index (χ4n) is 3.80. The Balaban J connectivity index is 1.46. The van der Waals surface area contributed by atoms with Crippen LogP contribution in [0.3, 0.4) is 0 Å². The van der Waals surface area contributed by atoms with Crippen LogP contribution < -0.4 is 10.1 Å². The summed E-state index contributed by atoms with van der Waals surface area (Å²) in [5, 5.41) is 3.01. The van der Waals surface area contributed by atoms with E-state index in [0.717, 1.165) is 31.1 Å². The summed E-state index contributed by atoms with van der Waals surface area (Å²) in [4.78, 5) is 15.0. The van der Waals surface area contributed by atoms with Gasteiger partial charge in [-0.25, -0.2) is 0 Å². The first kappa shape index (κ1) is 19.4. The Kier molecular flexibility index (Phi) is 6.88. The van der Waals surface area contributed by atoms with Crippen molar-refractivity contribution in [2.75, 3.05) is 25.5 Å². The number of benzene rings is 2. The molecular formula is C23H30N2O2. The number of anilines is 1. The summed E-state index contributed by atoms with van der Waals surface area (Å²) in [5.41, 5.74) is 2.15. The van der Waals surface area contributed by atoms with Gasteiger partial charge in [0.05, 0.1) is 18.8 Å². The molecule has 3 rings (SSSR count). The van der Waals surface area contributed by atoms with Crippen LogP contribution in [0.5, 0.6) is 5.75 Å². The molecule has 1 N–H and O–H groups in total. The van der Waals surface area contributed by atoms with Gasteiger partial charge in [-0.2, -0.15) is 0 Å². The molecule has 0 bridgehead atoms. The number of methoxy groups -OCH3 is 1. The molecule has 1 amide bonds. The van der Waals surface area contributed by atoms with E-state index in [1.807, 2.05) is 31.2 Å².